The van der Waals surface area contributed by atoms with Gasteiger partial charge in [0.15, 0.2) is 0 Å². The number of hydrogen-bond acceptors (Lipinski definition) is 3. The standard InChI is InChI=1S/C7H7NO3.C3H9ClSi/c9-5-6-2-1-3-7(4-6)8(10)11;1-5(2,3)4/h1-4,9H,5H2;1-3H3. The van der Waals surface area contributed by atoms with E-state index in [1.165, 1.54) is 12.1 Å². The molecule has 0 aliphatic carbocycles. The second-order valence-corrected chi connectivity index (χ2v) is 11.7. The van der Waals surface area contributed by atoms with E-state index in [1.807, 2.05) is 0 Å². The van der Waals surface area contributed by atoms with Gasteiger partial charge in [0.2, 0.25) is 0 Å². The molecule has 1 rings (SSSR count). The summed E-state index contributed by atoms with van der Waals surface area (Å²) in [5.41, 5.74) is 0.566. The lowest BCUT2D eigenvalue weighted by atomic mass is 10.2. The first-order valence-electron chi connectivity index (χ1n) is 4.77. The first kappa shape index (κ1) is 15.1. The number of rotatable bonds is 2. The average Bonchev–Trinajstić information content (AvgIpc) is 2.15. The van der Waals surface area contributed by atoms with Crippen LogP contribution in [0.15, 0.2) is 24.3 Å². The quantitative estimate of drug-likeness (QED) is 0.385. The predicted octanol–water partition coefficient (Wildman–Crippen LogP) is 3.15. The van der Waals surface area contributed by atoms with Crippen molar-refractivity contribution in [2.24, 2.45) is 0 Å². The Hall–Kier alpha value is -0.913. The minimum absolute atomic E-state index is 0.0107. The Morgan fingerprint density at radius 3 is 2.31 bits per heavy atom. The van der Waals surface area contributed by atoms with Gasteiger partial charge in [0, 0.05) is 12.1 Å². The highest BCUT2D eigenvalue weighted by Crippen LogP contribution is 2.12. The van der Waals surface area contributed by atoms with E-state index in [-0.39, 0.29) is 12.3 Å². The first-order chi connectivity index (χ1) is 7.24. The fourth-order valence-corrected chi connectivity index (χ4v) is 0.768. The van der Waals surface area contributed by atoms with E-state index in [9.17, 15) is 10.1 Å². The summed E-state index contributed by atoms with van der Waals surface area (Å²) in [5, 5.41) is 18.8. The van der Waals surface area contributed by atoms with Crippen LogP contribution >= 0.6 is 11.1 Å². The molecule has 4 nitrogen and oxygen atoms in total. The van der Waals surface area contributed by atoms with Crippen molar-refractivity contribution in [1.82, 2.24) is 0 Å². The maximum atomic E-state index is 10.2. The second kappa shape index (κ2) is 6.62. The van der Waals surface area contributed by atoms with Gasteiger partial charge >= 0.3 is 0 Å². The lowest BCUT2D eigenvalue weighted by Crippen LogP contribution is -2.06. The van der Waals surface area contributed by atoms with Crippen molar-refractivity contribution in [2.75, 3.05) is 0 Å². The molecular formula is C10H16ClNO3Si. The van der Waals surface area contributed by atoms with Gasteiger partial charge in [-0.3, -0.25) is 10.1 Å². The van der Waals surface area contributed by atoms with Crippen LogP contribution in [0.25, 0.3) is 0 Å². The molecule has 0 saturated heterocycles. The number of aliphatic hydroxyl groups excluding tert-OH is 1. The van der Waals surface area contributed by atoms with Crippen molar-refractivity contribution in [2.45, 2.75) is 26.2 Å². The number of nitro benzene ring substituents is 1. The number of nitrogens with zero attached hydrogens (tertiary/aromatic N) is 1. The van der Waals surface area contributed by atoms with Gasteiger partial charge < -0.3 is 5.11 Å². The van der Waals surface area contributed by atoms with Gasteiger partial charge in [-0.15, -0.1) is 0 Å². The normalized spacial score (nSPS) is 10.3. The van der Waals surface area contributed by atoms with Crippen molar-refractivity contribution >= 4 is 24.2 Å². The van der Waals surface area contributed by atoms with Crippen LogP contribution in [0.2, 0.25) is 19.6 Å². The third kappa shape index (κ3) is 8.40. The fraction of sp³-hybridized carbons (Fsp3) is 0.400. The van der Waals surface area contributed by atoms with Crippen molar-refractivity contribution in [1.29, 1.82) is 0 Å². The molecule has 0 spiro atoms. The van der Waals surface area contributed by atoms with Crippen LogP contribution in [-0.4, -0.2) is 17.4 Å². The molecule has 0 fully saturated rings. The molecule has 90 valence electrons. The average molecular weight is 262 g/mol. The Labute approximate surface area is 101 Å². The highest BCUT2D eigenvalue weighted by atomic mass is 35.6. The smallest absolute Gasteiger partial charge is 0.269 e. The Kier molecular flexibility index (Phi) is 6.24. The van der Waals surface area contributed by atoms with Crippen LogP contribution in [0.1, 0.15) is 5.56 Å². The van der Waals surface area contributed by atoms with Crippen molar-refractivity contribution in [3.8, 4) is 0 Å². The van der Waals surface area contributed by atoms with Crippen LogP contribution in [0, 0.1) is 10.1 Å². The summed E-state index contributed by atoms with van der Waals surface area (Å²) in [6, 6.07) is 5.91. The molecule has 0 aliphatic rings. The third-order valence-corrected chi connectivity index (χ3v) is 1.30. The van der Waals surface area contributed by atoms with Gasteiger partial charge in [-0.1, -0.05) is 31.8 Å². The van der Waals surface area contributed by atoms with Gasteiger partial charge in [-0.05, 0) is 5.56 Å². The summed E-state index contributed by atoms with van der Waals surface area (Å²) < 4.78 is 0. The van der Waals surface area contributed by atoms with E-state index in [0.717, 1.165) is 0 Å². The number of aliphatic hydroxyl groups is 1. The van der Waals surface area contributed by atoms with Gasteiger partial charge in [0.1, 0.15) is 7.38 Å². The highest BCUT2D eigenvalue weighted by molar-refractivity contribution is 7.18. The molecule has 0 atom stereocenters. The second-order valence-electron chi connectivity index (χ2n) is 4.15. The van der Waals surface area contributed by atoms with E-state index in [1.54, 1.807) is 12.1 Å². The molecule has 6 heteroatoms. The Morgan fingerprint density at radius 1 is 1.44 bits per heavy atom. The molecule has 0 heterocycles. The zero-order valence-corrected chi connectivity index (χ0v) is 11.4. The number of benzene rings is 1. The molecule has 0 radical (unpaired) electrons. The van der Waals surface area contributed by atoms with Crippen LogP contribution in [0.5, 0.6) is 0 Å². The summed E-state index contributed by atoms with van der Waals surface area (Å²) in [4.78, 5) is 9.71. The molecule has 1 aromatic carbocycles. The minimum atomic E-state index is -1.14. The number of non-ortho nitro benzene ring substituents is 1. The van der Waals surface area contributed by atoms with Crippen LogP contribution in [0.4, 0.5) is 5.69 Å². The summed E-state index contributed by atoms with van der Waals surface area (Å²) in [6.45, 7) is 6.11. The van der Waals surface area contributed by atoms with Crippen LogP contribution < -0.4 is 0 Å². The molecule has 0 saturated carbocycles. The molecule has 1 N–H and O–H groups in total. The summed E-state index contributed by atoms with van der Waals surface area (Å²) in [6.07, 6.45) is 0. The van der Waals surface area contributed by atoms with E-state index >= 15 is 0 Å². The summed E-state index contributed by atoms with van der Waals surface area (Å²) >= 11 is 5.67. The van der Waals surface area contributed by atoms with E-state index < -0.39 is 12.3 Å². The fourth-order valence-electron chi connectivity index (χ4n) is 0.768. The lowest BCUT2D eigenvalue weighted by molar-refractivity contribution is -0.384. The monoisotopic (exact) mass is 261 g/mol. The first-order valence-corrected chi connectivity index (χ1v) is 9.28. The van der Waals surface area contributed by atoms with Crippen LogP contribution in [0.3, 0.4) is 0 Å². The van der Waals surface area contributed by atoms with E-state index in [0.29, 0.717) is 5.56 Å². The zero-order chi connectivity index (χ0) is 12.8. The molecule has 0 aromatic heterocycles. The zero-order valence-electron chi connectivity index (χ0n) is 9.61. The number of hydrogen-bond donors (Lipinski definition) is 1. The largest absolute Gasteiger partial charge is 0.392 e. The molecular weight excluding hydrogens is 246 g/mol. The topological polar surface area (TPSA) is 63.4 Å². The Morgan fingerprint density at radius 2 is 1.94 bits per heavy atom. The molecule has 0 bridgehead atoms. The van der Waals surface area contributed by atoms with Crippen LogP contribution in [-0.2, 0) is 6.61 Å². The minimum Gasteiger partial charge on any atom is -0.392 e. The molecule has 16 heavy (non-hydrogen) atoms. The molecule has 0 amide bonds. The molecule has 0 aliphatic heterocycles. The van der Waals surface area contributed by atoms with Crippen molar-refractivity contribution < 1.29 is 10.0 Å². The summed E-state index contributed by atoms with van der Waals surface area (Å²) in [7, 11) is -1.14. The highest BCUT2D eigenvalue weighted by Gasteiger charge is 2.04. The van der Waals surface area contributed by atoms with Gasteiger partial charge in [0.25, 0.3) is 5.69 Å². The number of nitro groups is 1. The maximum absolute atomic E-state index is 10.2. The SMILES string of the molecule is C[Si](C)(C)Cl.O=[N+]([O-])c1cccc(CO)c1. The van der Waals surface area contributed by atoms with Crippen molar-refractivity contribution in [3.63, 3.8) is 0 Å². The van der Waals surface area contributed by atoms with Crippen molar-refractivity contribution in [3.05, 3.63) is 39.9 Å². The molecule has 0 unspecified atom stereocenters. The Balaban J connectivity index is 0.000000385. The van der Waals surface area contributed by atoms with E-state index in [2.05, 4.69) is 19.6 Å². The molecule has 1 aromatic rings. The lowest BCUT2D eigenvalue weighted by Gasteiger charge is -1.97. The summed E-state index contributed by atoms with van der Waals surface area (Å²) in [5.74, 6) is 0. The van der Waals surface area contributed by atoms with E-state index in [4.69, 9.17) is 16.2 Å². The third-order valence-electron chi connectivity index (χ3n) is 1.30. The van der Waals surface area contributed by atoms with Gasteiger partial charge in [0.05, 0.1) is 11.5 Å². The van der Waals surface area contributed by atoms with Gasteiger partial charge in [-0.2, -0.15) is 11.1 Å². The number of halogens is 1. The maximum Gasteiger partial charge on any atom is 0.269 e. The van der Waals surface area contributed by atoms with Gasteiger partial charge in [-0.25, -0.2) is 0 Å². The Bertz CT molecular complexity index is 346. The predicted molar refractivity (Wildman–Crippen MR) is 68.2 cm³/mol.